The topological polar surface area (TPSA) is 61.0 Å². The molecule has 4 nitrogen and oxygen atoms in total. The molecule has 2 heterocycles. The Labute approximate surface area is 101 Å². The zero-order valence-corrected chi connectivity index (χ0v) is 9.86. The summed E-state index contributed by atoms with van der Waals surface area (Å²) in [6.07, 6.45) is 1.71. The molecule has 1 aromatic heterocycles. The number of halogens is 1. The lowest BCUT2D eigenvalue weighted by molar-refractivity contribution is 0.301. The highest BCUT2D eigenvalue weighted by molar-refractivity contribution is 9.10. The molecule has 0 unspecified atom stereocenters. The molecular formula is C11H8BrN3O. The molecule has 3 rings (SSSR count). The Morgan fingerprint density at radius 3 is 3.12 bits per heavy atom. The Hall–Kier alpha value is -1.62. The van der Waals surface area contributed by atoms with Gasteiger partial charge in [-0.25, -0.2) is 9.97 Å². The lowest BCUT2D eigenvalue weighted by Gasteiger charge is -2.19. The van der Waals surface area contributed by atoms with Crippen LogP contribution in [0.4, 0.5) is 5.95 Å². The van der Waals surface area contributed by atoms with Crippen LogP contribution in [0.1, 0.15) is 5.56 Å². The molecule has 0 fully saturated rings. The molecule has 1 aliphatic heterocycles. The lowest BCUT2D eigenvalue weighted by Crippen LogP contribution is -2.09. The summed E-state index contributed by atoms with van der Waals surface area (Å²) < 4.78 is 6.59. The number of nitrogens with two attached hydrogens (primary N) is 1. The SMILES string of the molecule is Nc1ncc2c(n1)-c1cc(Br)ccc1OC2. The first-order valence-electron chi connectivity index (χ1n) is 4.78. The molecule has 0 radical (unpaired) electrons. The molecule has 2 N–H and O–H groups in total. The minimum absolute atomic E-state index is 0.284. The van der Waals surface area contributed by atoms with E-state index in [0.717, 1.165) is 27.0 Å². The monoisotopic (exact) mass is 277 g/mol. The van der Waals surface area contributed by atoms with Gasteiger partial charge in [-0.2, -0.15) is 0 Å². The van der Waals surface area contributed by atoms with E-state index in [1.165, 1.54) is 0 Å². The van der Waals surface area contributed by atoms with Gasteiger partial charge in [0, 0.05) is 21.8 Å². The van der Waals surface area contributed by atoms with Crippen LogP contribution < -0.4 is 10.5 Å². The summed E-state index contributed by atoms with van der Waals surface area (Å²) in [5.74, 6) is 1.11. The van der Waals surface area contributed by atoms with Crippen molar-refractivity contribution in [3.8, 4) is 17.0 Å². The van der Waals surface area contributed by atoms with Crippen LogP contribution in [-0.4, -0.2) is 9.97 Å². The lowest BCUT2D eigenvalue weighted by atomic mass is 10.0. The molecular weight excluding hydrogens is 270 g/mol. The average Bonchev–Trinajstić information content (AvgIpc) is 2.29. The molecule has 1 aromatic carbocycles. The molecule has 0 amide bonds. The van der Waals surface area contributed by atoms with Gasteiger partial charge in [0.25, 0.3) is 0 Å². The van der Waals surface area contributed by atoms with Gasteiger partial charge in [0.15, 0.2) is 0 Å². The van der Waals surface area contributed by atoms with E-state index in [2.05, 4.69) is 25.9 Å². The Morgan fingerprint density at radius 2 is 2.25 bits per heavy atom. The summed E-state index contributed by atoms with van der Waals surface area (Å²) in [6, 6.07) is 5.83. The van der Waals surface area contributed by atoms with E-state index in [4.69, 9.17) is 10.5 Å². The van der Waals surface area contributed by atoms with Gasteiger partial charge in [-0.15, -0.1) is 0 Å². The van der Waals surface area contributed by atoms with E-state index in [-0.39, 0.29) is 5.95 Å². The first-order valence-corrected chi connectivity index (χ1v) is 5.57. The standard InChI is InChI=1S/C11H8BrN3O/c12-7-1-2-9-8(3-7)10-6(5-16-9)4-14-11(13)15-10/h1-4H,5H2,(H2,13,14,15). The fraction of sp³-hybridized carbons (Fsp3) is 0.0909. The first-order chi connectivity index (χ1) is 7.74. The van der Waals surface area contributed by atoms with Gasteiger partial charge in [-0.1, -0.05) is 15.9 Å². The third kappa shape index (κ3) is 1.44. The number of hydrogen-bond donors (Lipinski definition) is 1. The Kier molecular flexibility index (Phi) is 2.07. The van der Waals surface area contributed by atoms with E-state index >= 15 is 0 Å². The summed E-state index contributed by atoms with van der Waals surface area (Å²) in [7, 11) is 0. The third-order valence-corrected chi connectivity index (χ3v) is 2.96. The third-order valence-electron chi connectivity index (χ3n) is 2.46. The van der Waals surface area contributed by atoms with E-state index in [0.29, 0.717) is 6.61 Å². The summed E-state index contributed by atoms with van der Waals surface area (Å²) in [5.41, 5.74) is 8.37. The van der Waals surface area contributed by atoms with Crippen molar-refractivity contribution in [2.75, 3.05) is 5.73 Å². The van der Waals surface area contributed by atoms with Crippen molar-refractivity contribution in [3.63, 3.8) is 0 Å². The zero-order valence-electron chi connectivity index (χ0n) is 8.27. The molecule has 0 aliphatic carbocycles. The van der Waals surface area contributed by atoms with Crippen LogP contribution in [-0.2, 0) is 6.61 Å². The summed E-state index contributed by atoms with van der Waals surface area (Å²) in [4.78, 5) is 8.22. The summed E-state index contributed by atoms with van der Waals surface area (Å²) >= 11 is 3.43. The average molecular weight is 278 g/mol. The van der Waals surface area contributed by atoms with Gasteiger partial charge in [-0.3, -0.25) is 0 Å². The van der Waals surface area contributed by atoms with Crippen molar-refractivity contribution in [1.29, 1.82) is 0 Å². The minimum Gasteiger partial charge on any atom is -0.488 e. The normalized spacial score (nSPS) is 12.6. The highest BCUT2D eigenvalue weighted by atomic mass is 79.9. The second-order valence-electron chi connectivity index (χ2n) is 3.53. The van der Waals surface area contributed by atoms with E-state index < -0.39 is 0 Å². The maximum absolute atomic E-state index is 5.60. The molecule has 16 heavy (non-hydrogen) atoms. The van der Waals surface area contributed by atoms with Gasteiger partial charge >= 0.3 is 0 Å². The zero-order chi connectivity index (χ0) is 11.1. The number of fused-ring (bicyclic) bond motifs is 3. The maximum Gasteiger partial charge on any atom is 0.220 e. The number of rotatable bonds is 0. The van der Waals surface area contributed by atoms with Crippen LogP contribution in [0.25, 0.3) is 11.3 Å². The fourth-order valence-corrected chi connectivity index (χ4v) is 2.09. The highest BCUT2D eigenvalue weighted by Crippen LogP contribution is 2.37. The van der Waals surface area contributed by atoms with Crippen LogP contribution in [0.2, 0.25) is 0 Å². The predicted molar refractivity (Wildman–Crippen MR) is 63.9 cm³/mol. The van der Waals surface area contributed by atoms with E-state index in [1.54, 1.807) is 6.20 Å². The molecule has 0 spiro atoms. The minimum atomic E-state index is 0.284. The van der Waals surface area contributed by atoms with E-state index in [1.807, 2.05) is 18.2 Å². The maximum atomic E-state index is 5.60. The molecule has 0 saturated heterocycles. The molecule has 1 aliphatic rings. The van der Waals surface area contributed by atoms with Crippen LogP contribution >= 0.6 is 15.9 Å². The number of aromatic nitrogens is 2. The van der Waals surface area contributed by atoms with Crippen molar-refractivity contribution in [3.05, 3.63) is 34.4 Å². The van der Waals surface area contributed by atoms with Crippen LogP contribution in [0, 0.1) is 0 Å². The largest absolute Gasteiger partial charge is 0.488 e. The quantitative estimate of drug-likeness (QED) is 0.803. The van der Waals surface area contributed by atoms with Gasteiger partial charge in [0.05, 0.1) is 5.69 Å². The van der Waals surface area contributed by atoms with Crippen LogP contribution in [0.15, 0.2) is 28.9 Å². The number of nitrogens with zero attached hydrogens (tertiary/aromatic N) is 2. The van der Waals surface area contributed by atoms with Crippen LogP contribution in [0.5, 0.6) is 5.75 Å². The predicted octanol–water partition coefficient (Wildman–Crippen LogP) is 2.38. The molecule has 0 saturated carbocycles. The number of nitrogen functional groups attached to an aromatic ring is 1. The second kappa shape index (κ2) is 3.45. The van der Waals surface area contributed by atoms with Crippen molar-refractivity contribution in [1.82, 2.24) is 9.97 Å². The van der Waals surface area contributed by atoms with Crippen molar-refractivity contribution in [2.45, 2.75) is 6.61 Å². The number of anilines is 1. The summed E-state index contributed by atoms with van der Waals surface area (Å²) in [5, 5.41) is 0. The number of benzene rings is 1. The van der Waals surface area contributed by atoms with Crippen molar-refractivity contribution >= 4 is 21.9 Å². The number of ether oxygens (including phenoxy) is 1. The van der Waals surface area contributed by atoms with Crippen molar-refractivity contribution in [2.24, 2.45) is 0 Å². The molecule has 2 aromatic rings. The first kappa shape index (κ1) is 9.59. The van der Waals surface area contributed by atoms with Gasteiger partial charge < -0.3 is 10.5 Å². The Balaban J connectivity index is 2.28. The highest BCUT2D eigenvalue weighted by Gasteiger charge is 2.19. The van der Waals surface area contributed by atoms with E-state index in [9.17, 15) is 0 Å². The van der Waals surface area contributed by atoms with Gasteiger partial charge in [-0.05, 0) is 18.2 Å². The molecule has 0 atom stereocenters. The number of hydrogen-bond acceptors (Lipinski definition) is 4. The molecule has 5 heteroatoms. The van der Waals surface area contributed by atoms with Crippen LogP contribution in [0.3, 0.4) is 0 Å². The second-order valence-corrected chi connectivity index (χ2v) is 4.45. The fourth-order valence-electron chi connectivity index (χ4n) is 1.73. The molecule has 80 valence electrons. The van der Waals surface area contributed by atoms with Gasteiger partial charge in [0.1, 0.15) is 12.4 Å². The summed E-state index contributed by atoms with van der Waals surface area (Å²) in [6.45, 7) is 0.490. The Bertz CT molecular complexity index is 520. The molecule has 0 bridgehead atoms. The van der Waals surface area contributed by atoms with Gasteiger partial charge in [0.2, 0.25) is 5.95 Å². The van der Waals surface area contributed by atoms with Crippen molar-refractivity contribution < 1.29 is 4.74 Å². The smallest absolute Gasteiger partial charge is 0.220 e. The Morgan fingerprint density at radius 1 is 1.38 bits per heavy atom.